The summed E-state index contributed by atoms with van der Waals surface area (Å²) in [5, 5.41) is 4.04. The lowest BCUT2D eigenvalue weighted by Gasteiger charge is -2.34. The molecule has 0 atom stereocenters. The second kappa shape index (κ2) is 8.57. The van der Waals surface area contributed by atoms with Crippen LogP contribution in [0.2, 0.25) is 0 Å². The highest BCUT2D eigenvalue weighted by Gasteiger charge is 2.22. The molecular weight excluding hydrogens is 342 g/mol. The van der Waals surface area contributed by atoms with Crippen molar-refractivity contribution in [2.45, 2.75) is 40.2 Å². The molecule has 1 saturated heterocycles. The molecule has 2 heterocycles. The van der Waals surface area contributed by atoms with Crippen LogP contribution in [0.3, 0.4) is 0 Å². The van der Waals surface area contributed by atoms with Gasteiger partial charge in [-0.15, -0.1) is 0 Å². The second-order valence-electron chi connectivity index (χ2n) is 7.57. The van der Waals surface area contributed by atoms with Gasteiger partial charge in [0.1, 0.15) is 11.5 Å². The molecule has 1 fully saturated rings. The third-order valence-electron chi connectivity index (χ3n) is 4.93. The van der Waals surface area contributed by atoms with Gasteiger partial charge in [0.2, 0.25) is 0 Å². The molecule has 1 aromatic heterocycles. The summed E-state index contributed by atoms with van der Waals surface area (Å²) >= 11 is 0. The second-order valence-corrected chi connectivity index (χ2v) is 7.57. The van der Waals surface area contributed by atoms with Gasteiger partial charge >= 0.3 is 0 Å². The normalized spacial score (nSPS) is 15.4. The average molecular weight is 371 g/mol. The van der Waals surface area contributed by atoms with Gasteiger partial charge in [-0.2, -0.15) is 0 Å². The van der Waals surface area contributed by atoms with Crippen LogP contribution in [0.15, 0.2) is 28.8 Å². The molecule has 2 aromatic rings. The minimum absolute atomic E-state index is 0.0446. The van der Waals surface area contributed by atoms with E-state index in [1.807, 2.05) is 30.9 Å². The lowest BCUT2D eigenvalue weighted by molar-refractivity contribution is -0.135. The van der Waals surface area contributed by atoms with Crippen molar-refractivity contribution in [2.75, 3.05) is 32.8 Å². The fourth-order valence-corrected chi connectivity index (χ4v) is 3.35. The van der Waals surface area contributed by atoms with Crippen LogP contribution in [0, 0.1) is 13.8 Å². The lowest BCUT2D eigenvalue weighted by atomic mass is 10.0. The predicted octanol–water partition coefficient (Wildman–Crippen LogP) is 3.14. The predicted molar refractivity (Wildman–Crippen MR) is 104 cm³/mol. The highest BCUT2D eigenvalue weighted by molar-refractivity contribution is 5.78. The molecule has 0 bridgehead atoms. The monoisotopic (exact) mass is 371 g/mol. The topological polar surface area (TPSA) is 58.8 Å². The molecule has 0 N–H and O–H groups in total. The van der Waals surface area contributed by atoms with Gasteiger partial charge in [0.15, 0.2) is 6.61 Å². The van der Waals surface area contributed by atoms with Gasteiger partial charge in [0, 0.05) is 38.8 Å². The van der Waals surface area contributed by atoms with Crippen LogP contribution in [-0.2, 0) is 11.3 Å². The number of aromatic nitrogens is 1. The van der Waals surface area contributed by atoms with E-state index < -0.39 is 0 Å². The van der Waals surface area contributed by atoms with E-state index >= 15 is 0 Å². The van der Waals surface area contributed by atoms with Crippen LogP contribution in [0.25, 0.3) is 0 Å². The molecule has 0 unspecified atom stereocenters. The molecule has 146 valence electrons. The molecule has 0 saturated carbocycles. The number of ether oxygens (including phenoxy) is 1. The van der Waals surface area contributed by atoms with Crippen LogP contribution in [0.5, 0.6) is 5.75 Å². The Balaban J connectivity index is 1.49. The quantitative estimate of drug-likeness (QED) is 0.781. The molecule has 0 spiro atoms. The average Bonchev–Trinajstić information content (AvgIpc) is 3.05. The Morgan fingerprint density at radius 2 is 1.93 bits per heavy atom. The highest BCUT2D eigenvalue weighted by Crippen LogP contribution is 2.27. The fraction of sp³-hybridized carbons (Fsp3) is 0.524. The van der Waals surface area contributed by atoms with E-state index in [0.29, 0.717) is 19.0 Å². The maximum Gasteiger partial charge on any atom is 0.260 e. The summed E-state index contributed by atoms with van der Waals surface area (Å²) in [6.45, 7) is 12.1. The molecule has 27 heavy (non-hydrogen) atoms. The van der Waals surface area contributed by atoms with E-state index in [9.17, 15) is 4.79 Å². The van der Waals surface area contributed by atoms with Crippen molar-refractivity contribution in [1.29, 1.82) is 0 Å². The number of rotatable bonds is 6. The van der Waals surface area contributed by atoms with Crippen molar-refractivity contribution in [3.63, 3.8) is 0 Å². The smallest absolute Gasteiger partial charge is 0.260 e. The standard InChI is InChI=1S/C21H29N3O3/c1-15(2)19-6-5-16(3)11-20(19)26-14-21(25)24-9-7-23(8-10-24)13-18-12-17(4)27-22-18/h5-6,11-12,15H,7-10,13-14H2,1-4H3. The molecular formula is C21H29N3O3. The van der Waals surface area contributed by atoms with Crippen molar-refractivity contribution in [3.8, 4) is 5.75 Å². The van der Waals surface area contributed by atoms with Gasteiger partial charge in [0.25, 0.3) is 5.91 Å². The number of hydrogen-bond donors (Lipinski definition) is 0. The van der Waals surface area contributed by atoms with Gasteiger partial charge < -0.3 is 14.2 Å². The number of aryl methyl sites for hydroxylation is 2. The van der Waals surface area contributed by atoms with Crippen LogP contribution in [0.1, 0.15) is 42.3 Å². The van der Waals surface area contributed by atoms with E-state index in [-0.39, 0.29) is 12.5 Å². The summed E-state index contributed by atoms with van der Waals surface area (Å²) in [5.41, 5.74) is 3.22. The molecule has 1 aliphatic heterocycles. The van der Waals surface area contributed by atoms with Crippen molar-refractivity contribution >= 4 is 5.91 Å². The zero-order valence-corrected chi connectivity index (χ0v) is 16.7. The lowest BCUT2D eigenvalue weighted by Crippen LogP contribution is -2.49. The largest absolute Gasteiger partial charge is 0.483 e. The first-order valence-corrected chi connectivity index (χ1v) is 9.58. The van der Waals surface area contributed by atoms with Crippen LogP contribution in [0.4, 0.5) is 0 Å². The Morgan fingerprint density at radius 3 is 2.56 bits per heavy atom. The first kappa shape index (κ1) is 19.4. The number of piperazine rings is 1. The Labute approximate surface area is 161 Å². The summed E-state index contributed by atoms with van der Waals surface area (Å²) in [5.74, 6) is 2.05. The first-order chi connectivity index (χ1) is 12.9. The fourth-order valence-electron chi connectivity index (χ4n) is 3.35. The number of carbonyl (C=O) groups excluding carboxylic acids is 1. The van der Waals surface area contributed by atoms with Gasteiger partial charge in [-0.3, -0.25) is 9.69 Å². The number of amides is 1. The first-order valence-electron chi connectivity index (χ1n) is 9.58. The molecule has 0 radical (unpaired) electrons. The number of benzene rings is 1. The number of nitrogens with zero attached hydrogens (tertiary/aromatic N) is 3. The summed E-state index contributed by atoms with van der Waals surface area (Å²) in [7, 11) is 0. The van der Waals surface area contributed by atoms with Crippen molar-refractivity contribution < 1.29 is 14.1 Å². The Kier molecular flexibility index (Phi) is 6.16. The van der Waals surface area contributed by atoms with E-state index in [1.54, 1.807) is 0 Å². The molecule has 6 heteroatoms. The van der Waals surface area contributed by atoms with E-state index in [2.05, 4.69) is 36.0 Å². The maximum absolute atomic E-state index is 12.6. The zero-order valence-electron chi connectivity index (χ0n) is 16.7. The van der Waals surface area contributed by atoms with E-state index in [1.165, 1.54) is 0 Å². The van der Waals surface area contributed by atoms with Crippen molar-refractivity contribution in [1.82, 2.24) is 15.0 Å². The van der Waals surface area contributed by atoms with E-state index in [4.69, 9.17) is 9.26 Å². The van der Waals surface area contributed by atoms with Gasteiger partial charge in [-0.25, -0.2) is 0 Å². The van der Waals surface area contributed by atoms with Gasteiger partial charge in [-0.05, 0) is 37.0 Å². The van der Waals surface area contributed by atoms with Crippen LogP contribution < -0.4 is 4.74 Å². The Morgan fingerprint density at radius 1 is 1.19 bits per heavy atom. The minimum atomic E-state index is 0.0446. The minimum Gasteiger partial charge on any atom is -0.483 e. The number of carbonyl (C=O) groups is 1. The maximum atomic E-state index is 12.6. The van der Waals surface area contributed by atoms with Crippen molar-refractivity contribution in [2.24, 2.45) is 0 Å². The molecule has 1 aliphatic rings. The third-order valence-corrected chi connectivity index (χ3v) is 4.93. The molecule has 6 nitrogen and oxygen atoms in total. The third kappa shape index (κ3) is 5.10. The summed E-state index contributed by atoms with van der Waals surface area (Å²) < 4.78 is 11.0. The molecule has 0 aliphatic carbocycles. The number of hydrogen-bond acceptors (Lipinski definition) is 5. The van der Waals surface area contributed by atoms with Crippen LogP contribution in [-0.4, -0.2) is 53.6 Å². The Hall–Kier alpha value is -2.34. The van der Waals surface area contributed by atoms with E-state index in [0.717, 1.165) is 48.0 Å². The summed E-state index contributed by atoms with van der Waals surface area (Å²) in [4.78, 5) is 16.7. The van der Waals surface area contributed by atoms with Crippen LogP contribution >= 0.6 is 0 Å². The highest BCUT2D eigenvalue weighted by atomic mass is 16.5. The SMILES string of the molecule is Cc1ccc(C(C)C)c(OCC(=O)N2CCN(Cc3cc(C)on3)CC2)c1. The van der Waals surface area contributed by atoms with Gasteiger partial charge in [-0.1, -0.05) is 31.1 Å². The molecule has 1 amide bonds. The zero-order chi connectivity index (χ0) is 19.4. The summed E-state index contributed by atoms with van der Waals surface area (Å²) in [6.07, 6.45) is 0. The Bertz CT molecular complexity index is 777. The molecule has 3 rings (SSSR count). The van der Waals surface area contributed by atoms with Gasteiger partial charge in [0.05, 0.1) is 5.69 Å². The summed E-state index contributed by atoms with van der Waals surface area (Å²) in [6, 6.07) is 8.14. The van der Waals surface area contributed by atoms with Crippen molar-refractivity contribution in [3.05, 3.63) is 46.8 Å². The molecule has 1 aromatic carbocycles.